The summed E-state index contributed by atoms with van der Waals surface area (Å²) in [6.07, 6.45) is 3.84. The normalized spacial score (nSPS) is 22.3. The molecule has 0 aliphatic heterocycles. The van der Waals surface area contributed by atoms with Gasteiger partial charge in [0.25, 0.3) is 0 Å². The number of carboxylic acids is 1. The van der Waals surface area contributed by atoms with Crippen molar-refractivity contribution in [1.82, 2.24) is 4.98 Å². The van der Waals surface area contributed by atoms with E-state index >= 15 is 0 Å². The Hall–Kier alpha value is -1.58. The smallest absolute Gasteiger partial charge is 0.335 e. The minimum Gasteiger partial charge on any atom is -0.478 e. The molecule has 1 aliphatic rings. The van der Waals surface area contributed by atoms with Crippen molar-refractivity contribution in [3.63, 3.8) is 0 Å². The van der Waals surface area contributed by atoms with Crippen molar-refractivity contribution in [3.05, 3.63) is 23.4 Å². The van der Waals surface area contributed by atoms with Crippen molar-refractivity contribution in [2.75, 3.05) is 11.9 Å². The zero-order chi connectivity index (χ0) is 15.6. The third kappa shape index (κ3) is 3.96. The second kappa shape index (κ2) is 6.04. The standard InChI is InChI=1S/C17H26N2O2/c1-11-6-5-7-12(11)10-18-15-9-13(16(20)21)8-14(19-15)17(2,3)4/h8-9,11-12H,5-7,10H2,1-4H3,(H,18,19)(H,20,21). The molecule has 1 aromatic rings. The fourth-order valence-corrected chi connectivity index (χ4v) is 2.89. The monoisotopic (exact) mass is 290 g/mol. The van der Waals surface area contributed by atoms with E-state index in [4.69, 9.17) is 0 Å². The van der Waals surface area contributed by atoms with Crippen molar-refractivity contribution in [3.8, 4) is 0 Å². The molecule has 21 heavy (non-hydrogen) atoms. The second-order valence-corrected chi connectivity index (χ2v) is 7.23. The zero-order valence-electron chi connectivity index (χ0n) is 13.4. The first-order valence-electron chi connectivity index (χ1n) is 7.77. The Bertz CT molecular complexity index is 520. The number of hydrogen-bond donors (Lipinski definition) is 2. The van der Waals surface area contributed by atoms with Crippen molar-refractivity contribution in [2.45, 2.75) is 52.4 Å². The molecule has 0 aromatic carbocycles. The molecule has 1 aliphatic carbocycles. The van der Waals surface area contributed by atoms with Crippen LogP contribution >= 0.6 is 0 Å². The fourth-order valence-electron chi connectivity index (χ4n) is 2.89. The quantitative estimate of drug-likeness (QED) is 0.882. The lowest BCUT2D eigenvalue weighted by Gasteiger charge is -2.21. The zero-order valence-corrected chi connectivity index (χ0v) is 13.4. The van der Waals surface area contributed by atoms with E-state index in [1.165, 1.54) is 19.3 Å². The summed E-state index contributed by atoms with van der Waals surface area (Å²) in [6, 6.07) is 3.31. The first-order valence-corrected chi connectivity index (χ1v) is 7.77. The predicted molar refractivity (Wildman–Crippen MR) is 84.9 cm³/mol. The minimum atomic E-state index is -0.903. The van der Waals surface area contributed by atoms with Crippen LogP contribution in [0.5, 0.6) is 0 Å². The Labute approximate surface area is 127 Å². The average Bonchev–Trinajstić information content (AvgIpc) is 2.80. The molecule has 0 spiro atoms. The van der Waals surface area contributed by atoms with E-state index in [2.05, 4.69) is 17.2 Å². The van der Waals surface area contributed by atoms with Gasteiger partial charge in [0.1, 0.15) is 5.82 Å². The molecule has 0 amide bonds. The van der Waals surface area contributed by atoms with Crippen LogP contribution in [-0.2, 0) is 5.41 Å². The van der Waals surface area contributed by atoms with Crippen molar-refractivity contribution < 1.29 is 9.90 Å². The van der Waals surface area contributed by atoms with E-state index in [1.54, 1.807) is 12.1 Å². The third-order valence-corrected chi connectivity index (χ3v) is 4.43. The lowest BCUT2D eigenvalue weighted by atomic mass is 9.90. The Kier molecular flexibility index (Phi) is 4.55. The number of hydrogen-bond acceptors (Lipinski definition) is 3. The molecule has 1 aromatic heterocycles. The summed E-state index contributed by atoms with van der Waals surface area (Å²) < 4.78 is 0. The van der Waals surface area contributed by atoms with Crippen LogP contribution in [-0.4, -0.2) is 22.6 Å². The topological polar surface area (TPSA) is 62.2 Å². The second-order valence-electron chi connectivity index (χ2n) is 7.23. The van der Waals surface area contributed by atoms with Crippen LogP contribution in [0.3, 0.4) is 0 Å². The highest BCUT2D eigenvalue weighted by Gasteiger charge is 2.24. The molecule has 0 saturated heterocycles. The highest BCUT2D eigenvalue weighted by atomic mass is 16.4. The Morgan fingerprint density at radius 1 is 1.38 bits per heavy atom. The summed E-state index contributed by atoms with van der Waals surface area (Å²) in [4.78, 5) is 15.9. The Balaban J connectivity index is 2.18. The van der Waals surface area contributed by atoms with Crippen LogP contribution in [0, 0.1) is 11.8 Å². The molecular formula is C17H26N2O2. The van der Waals surface area contributed by atoms with Crippen LogP contribution < -0.4 is 5.32 Å². The van der Waals surface area contributed by atoms with E-state index < -0.39 is 5.97 Å². The number of nitrogens with one attached hydrogen (secondary N) is 1. The number of nitrogens with zero attached hydrogens (tertiary/aromatic N) is 1. The first kappa shape index (κ1) is 15.8. The molecule has 1 heterocycles. The van der Waals surface area contributed by atoms with E-state index in [9.17, 15) is 9.90 Å². The lowest BCUT2D eigenvalue weighted by Crippen LogP contribution is -2.20. The van der Waals surface area contributed by atoms with Gasteiger partial charge in [0, 0.05) is 17.7 Å². The van der Waals surface area contributed by atoms with E-state index in [-0.39, 0.29) is 5.41 Å². The number of carbonyl (C=O) groups is 1. The van der Waals surface area contributed by atoms with Gasteiger partial charge in [-0.15, -0.1) is 0 Å². The molecule has 0 bridgehead atoms. The summed E-state index contributed by atoms with van der Waals surface area (Å²) in [6.45, 7) is 9.30. The van der Waals surface area contributed by atoms with Gasteiger partial charge < -0.3 is 10.4 Å². The van der Waals surface area contributed by atoms with E-state index in [0.29, 0.717) is 17.3 Å². The lowest BCUT2D eigenvalue weighted by molar-refractivity contribution is 0.0696. The summed E-state index contributed by atoms with van der Waals surface area (Å²) >= 11 is 0. The van der Waals surface area contributed by atoms with Crippen LogP contribution in [0.1, 0.15) is 63.0 Å². The fraction of sp³-hybridized carbons (Fsp3) is 0.647. The van der Waals surface area contributed by atoms with Gasteiger partial charge in [0.05, 0.1) is 5.56 Å². The van der Waals surface area contributed by atoms with Gasteiger partial charge in [-0.2, -0.15) is 0 Å². The van der Waals surface area contributed by atoms with Crippen molar-refractivity contribution >= 4 is 11.8 Å². The van der Waals surface area contributed by atoms with Gasteiger partial charge in [0.15, 0.2) is 0 Å². The molecule has 2 unspecified atom stereocenters. The average molecular weight is 290 g/mol. The SMILES string of the molecule is CC1CCCC1CNc1cc(C(=O)O)cc(C(C)(C)C)n1. The van der Waals surface area contributed by atoms with Gasteiger partial charge in [-0.3, -0.25) is 0 Å². The van der Waals surface area contributed by atoms with Crippen LogP contribution in [0.25, 0.3) is 0 Å². The molecule has 1 saturated carbocycles. The summed E-state index contributed by atoms with van der Waals surface area (Å²) in [5.74, 6) is 1.18. The van der Waals surface area contributed by atoms with Gasteiger partial charge in [-0.05, 0) is 30.4 Å². The maximum absolute atomic E-state index is 11.3. The van der Waals surface area contributed by atoms with Crippen LogP contribution in [0.4, 0.5) is 5.82 Å². The molecule has 4 nitrogen and oxygen atoms in total. The van der Waals surface area contributed by atoms with Crippen LogP contribution in [0.2, 0.25) is 0 Å². The van der Waals surface area contributed by atoms with Gasteiger partial charge in [-0.25, -0.2) is 9.78 Å². The molecule has 0 radical (unpaired) electrons. The predicted octanol–water partition coefficient (Wildman–Crippen LogP) is 3.93. The molecule has 1 fully saturated rings. The number of aromatic nitrogens is 1. The number of carboxylic acid groups (broad SMARTS) is 1. The minimum absolute atomic E-state index is 0.164. The molecule has 2 rings (SSSR count). The maximum Gasteiger partial charge on any atom is 0.335 e. The van der Waals surface area contributed by atoms with E-state index in [0.717, 1.165) is 18.2 Å². The maximum atomic E-state index is 11.3. The van der Waals surface area contributed by atoms with Gasteiger partial charge in [-0.1, -0.05) is 40.5 Å². The molecule has 2 atom stereocenters. The molecule has 116 valence electrons. The molecule has 2 N–H and O–H groups in total. The number of anilines is 1. The number of rotatable bonds is 4. The Morgan fingerprint density at radius 2 is 2.10 bits per heavy atom. The van der Waals surface area contributed by atoms with Gasteiger partial charge in [0.2, 0.25) is 0 Å². The van der Waals surface area contributed by atoms with Crippen LogP contribution in [0.15, 0.2) is 12.1 Å². The highest BCUT2D eigenvalue weighted by Crippen LogP contribution is 2.31. The first-order chi connectivity index (χ1) is 9.77. The summed E-state index contributed by atoms with van der Waals surface area (Å²) in [5, 5.41) is 12.6. The van der Waals surface area contributed by atoms with Crippen molar-refractivity contribution in [2.24, 2.45) is 11.8 Å². The summed E-state index contributed by atoms with van der Waals surface area (Å²) in [7, 11) is 0. The Morgan fingerprint density at radius 3 is 2.62 bits per heavy atom. The molecule has 4 heteroatoms. The van der Waals surface area contributed by atoms with Crippen molar-refractivity contribution in [1.29, 1.82) is 0 Å². The highest BCUT2D eigenvalue weighted by molar-refractivity contribution is 5.88. The number of aromatic carboxylic acids is 1. The number of pyridine rings is 1. The largest absolute Gasteiger partial charge is 0.478 e. The molecular weight excluding hydrogens is 264 g/mol. The summed E-state index contributed by atoms with van der Waals surface area (Å²) in [5.41, 5.74) is 0.948. The van der Waals surface area contributed by atoms with E-state index in [1.807, 2.05) is 20.8 Å². The van der Waals surface area contributed by atoms with Gasteiger partial charge >= 0.3 is 5.97 Å². The third-order valence-electron chi connectivity index (χ3n) is 4.43.